The molecule has 0 bridgehead atoms. The number of hydrogen-bond donors (Lipinski definition) is 0. The third-order valence-corrected chi connectivity index (χ3v) is 3.59. The molecular formula is C13H16BClFOSn. The Bertz CT molecular complexity index is 401. The molecule has 1 aromatic carbocycles. The number of benzene rings is 1. The number of rotatable bonds is 6. The van der Waals surface area contributed by atoms with E-state index in [1.165, 1.54) is 22.5 Å². The zero-order valence-electron chi connectivity index (χ0n) is 10.7. The maximum atomic E-state index is 13.8. The Hall–Kier alpha value is 0.264. The van der Waals surface area contributed by atoms with E-state index in [0.29, 0.717) is 22.0 Å². The van der Waals surface area contributed by atoms with Crippen molar-refractivity contribution in [2.75, 3.05) is 6.61 Å². The molecule has 0 N–H and O–H groups in total. The van der Waals surface area contributed by atoms with E-state index in [1.807, 2.05) is 6.92 Å². The van der Waals surface area contributed by atoms with Gasteiger partial charge in [0.2, 0.25) is 0 Å². The van der Waals surface area contributed by atoms with Gasteiger partial charge < -0.3 is 0 Å². The van der Waals surface area contributed by atoms with E-state index in [1.54, 1.807) is 12.1 Å². The van der Waals surface area contributed by atoms with Crippen LogP contribution in [0.4, 0.5) is 4.39 Å². The van der Waals surface area contributed by atoms with Crippen molar-refractivity contribution in [3.05, 3.63) is 28.5 Å². The SMILES string of the molecule is [B]c1ccc(CCC(C)CO[CH](C)[Sn])c(F)c1Cl. The zero-order chi connectivity index (χ0) is 13.7. The average Bonchev–Trinajstić information content (AvgIpc) is 2.32. The molecule has 0 aliphatic rings. The summed E-state index contributed by atoms with van der Waals surface area (Å²) in [7, 11) is 5.54. The molecule has 0 aliphatic heterocycles. The van der Waals surface area contributed by atoms with Crippen LogP contribution in [0.15, 0.2) is 12.1 Å². The van der Waals surface area contributed by atoms with Gasteiger partial charge in [-0.15, -0.1) is 0 Å². The molecule has 0 aromatic heterocycles. The summed E-state index contributed by atoms with van der Waals surface area (Å²) < 4.78 is 19.7. The second-order valence-electron chi connectivity index (χ2n) is 4.56. The standard InChI is InChI=1S/C13H16BClFO.Sn/c1-3-17-8-9(2)4-5-10-6-7-11(14)12(15)13(10)16;/h3,6-7,9H,4-5,8H2,1-2H3;. The Morgan fingerprint density at radius 2 is 2.11 bits per heavy atom. The van der Waals surface area contributed by atoms with Crippen LogP contribution in [0.25, 0.3) is 0 Å². The Morgan fingerprint density at radius 3 is 2.72 bits per heavy atom. The van der Waals surface area contributed by atoms with Gasteiger partial charge in [-0.25, -0.2) is 0 Å². The normalized spacial score (nSPS) is 14.5. The summed E-state index contributed by atoms with van der Waals surface area (Å²) in [5.74, 6) is 0.0159. The molecule has 0 saturated heterocycles. The first-order valence-corrected chi connectivity index (χ1v) is 7.99. The van der Waals surface area contributed by atoms with Gasteiger partial charge >= 0.3 is 128 Å². The van der Waals surface area contributed by atoms with Crippen LogP contribution in [0.2, 0.25) is 5.02 Å². The zero-order valence-corrected chi connectivity index (χ0v) is 14.3. The van der Waals surface area contributed by atoms with Crippen LogP contribution < -0.4 is 5.46 Å². The Labute approximate surface area is 128 Å². The van der Waals surface area contributed by atoms with Crippen LogP contribution >= 0.6 is 11.6 Å². The fourth-order valence-electron chi connectivity index (χ4n) is 1.59. The molecule has 2 atom stereocenters. The molecule has 0 spiro atoms. The van der Waals surface area contributed by atoms with Crippen LogP contribution in [0.1, 0.15) is 25.8 Å². The van der Waals surface area contributed by atoms with Crippen LogP contribution in [0.5, 0.6) is 0 Å². The molecular weight excluding hydrogens is 356 g/mol. The van der Waals surface area contributed by atoms with Gasteiger partial charge in [0.25, 0.3) is 0 Å². The molecule has 0 saturated carbocycles. The van der Waals surface area contributed by atoms with Gasteiger partial charge in [0.15, 0.2) is 0 Å². The van der Waals surface area contributed by atoms with Gasteiger partial charge in [-0.2, -0.15) is 0 Å². The Morgan fingerprint density at radius 1 is 1.44 bits per heavy atom. The Kier molecular flexibility index (Phi) is 7.03. The summed E-state index contributed by atoms with van der Waals surface area (Å²) in [4.78, 5) is 0. The van der Waals surface area contributed by atoms with E-state index in [0.717, 1.165) is 13.0 Å². The predicted octanol–water partition coefficient (Wildman–Crippen LogP) is 2.37. The molecule has 1 nitrogen and oxygen atoms in total. The van der Waals surface area contributed by atoms with Crippen LogP contribution in [0.3, 0.4) is 0 Å². The fourth-order valence-corrected chi connectivity index (χ4v) is 2.05. The third-order valence-electron chi connectivity index (χ3n) is 2.73. The fraction of sp³-hybridized carbons (Fsp3) is 0.538. The van der Waals surface area contributed by atoms with E-state index >= 15 is 0 Å². The molecule has 1 aromatic rings. The number of hydrogen-bond acceptors (Lipinski definition) is 1. The minimum absolute atomic E-state index is 0.0301. The van der Waals surface area contributed by atoms with Gasteiger partial charge in [-0.05, 0) is 0 Å². The van der Waals surface area contributed by atoms with Crippen LogP contribution in [0, 0.1) is 11.7 Å². The van der Waals surface area contributed by atoms with Crippen molar-refractivity contribution in [1.82, 2.24) is 0 Å². The number of aryl methyl sites for hydroxylation is 1. The second kappa shape index (κ2) is 7.76. The summed E-state index contributed by atoms with van der Waals surface area (Å²) in [6, 6.07) is 3.36. The molecule has 0 fully saturated rings. The molecule has 0 heterocycles. The van der Waals surface area contributed by atoms with E-state index in [-0.39, 0.29) is 10.5 Å². The molecule has 95 valence electrons. The topological polar surface area (TPSA) is 9.23 Å². The number of halogens is 2. The van der Waals surface area contributed by atoms with E-state index < -0.39 is 5.82 Å². The molecule has 1 rings (SSSR count). The number of ether oxygens (including phenoxy) is 1. The van der Waals surface area contributed by atoms with Gasteiger partial charge in [0.05, 0.1) is 0 Å². The first kappa shape index (κ1) is 16.3. The van der Waals surface area contributed by atoms with Crippen molar-refractivity contribution in [3.8, 4) is 0 Å². The Balaban J connectivity index is 2.51. The quantitative estimate of drug-likeness (QED) is 0.697. The summed E-state index contributed by atoms with van der Waals surface area (Å²) in [5.41, 5.74) is 0.911. The first-order valence-electron chi connectivity index (χ1n) is 5.97. The molecule has 18 heavy (non-hydrogen) atoms. The van der Waals surface area contributed by atoms with E-state index in [4.69, 9.17) is 24.2 Å². The van der Waals surface area contributed by atoms with Gasteiger partial charge in [0, 0.05) is 0 Å². The molecule has 5 heteroatoms. The second-order valence-corrected chi connectivity index (χ2v) is 7.26. The van der Waals surface area contributed by atoms with Crippen molar-refractivity contribution < 1.29 is 9.13 Å². The minimum atomic E-state index is -0.390. The predicted molar refractivity (Wildman–Crippen MR) is 75.5 cm³/mol. The molecule has 5 radical (unpaired) electrons. The van der Waals surface area contributed by atoms with Crippen molar-refractivity contribution in [2.45, 2.75) is 30.8 Å². The van der Waals surface area contributed by atoms with Crippen molar-refractivity contribution in [1.29, 1.82) is 0 Å². The van der Waals surface area contributed by atoms with Crippen LogP contribution in [-0.4, -0.2) is 41.1 Å². The summed E-state index contributed by atoms with van der Waals surface area (Å²) in [6.07, 6.45) is 1.53. The van der Waals surface area contributed by atoms with Gasteiger partial charge in [-0.1, -0.05) is 0 Å². The summed E-state index contributed by atoms with van der Waals surface area (Å²) >= 11 is 7.16. The summed E-state index contributed by atoms with van der Waals surface area (Å²) in [5, 5.41) is 0.0301. The molecule has 0 aliphatic carbocycles. The third kappa shape index (κ3) is 5.10. The van der Waals surface area contributed by atoms with Crippen molar-refractivity contribution >= 4 is 47.4 Å². The van der Waals surface area contributed by atoms with Crippen molar-refractivity contribution in [2.24, 2.45) is 5.92 Å². The average molecular weight is 372 g/mol. The summed E-state index contributed by atoms with van der Waals surface area (Å²) in [6.45, 7) is 4.87. The van der Waals surface area contributed by atoms with Crippen LogP contribution in [-0.2, 0) is 11.2 Å². The monoisotopic (exact) mass is 373 g/mol. The van der Waals surface area contributed by atoms with Gasteiger partial charge in [-0.3, -0.25) is 0 Å². The first-order chi connectivity index (χ1) is 8.41. The molecule has 0 amide bonds. The van der Waals surface area contributed by atoms with Gasteiger partial charge in [0.1, 0.15) is 0 Å². The van der Waals surface area contributed by atoms with E-state index in [9.17, 15) is 4.39 Å². The molecule has 2 unspecified atom stereocenters. The van der Waals surface area contributed by atoms with Crippen molar-refractivity contribution in [3.63, 3.8) is 0 Å². The van der Waals surface area contributed by atoms with E-state index in [2.05, 4.69) is 6.92 Å². The maximum absolute atomic E-state index is 13.8.